The summed E-state index contributed by atoms with van der Waals surface area (Å²) in [7, 11) is 0. The minimum atomic E-state index is -5.08. The van der Waals surface area contributed by atoms with Gasteiger partial charge in [0.05, 0.1) is 6.42 Å². The molecule has 2 aromatic rings. The number of hydrogen-bond donors (Lipinski definition) is 1. The van der Waals surface area contributed by atoms with Crippen LogP contribution in [0.2, 0.25) is 0 Å². The average molecular weight is 588 g/mol. The van der Waals surface area contributed by atoms with E-state index < -0.39 is 23.5 Å². The molecule has 224 valence electrons. The quantitative estimate of drug-likeness (QED) is 0.324. The number of likely N-dealkylation sites (tertiary alicyclic amines) is 1. The van der Waals surface area contributed by atoms with Gasteiger partial charge < -0.3 is 10.0 Å². The van der Waals surface area contributed by atoms with Gasteiger partial charge in [-0.2, -0.15) is 13.2 Å². The number of pyridine rings is 1. The number of carbonyl (C=O) groups is 5. The van der Waals surface area contributed by atoms with Gasteiger partial charge in [-0.25, -0.2) is 9.78 Å². The van der Waals surface area contributed by atoms with Gasteiger partial charge in [0.15, 0.2) is 18.2 Å². The van der Waals surface area contributed by atoms with Gasteiger partial charge in [0.1, 0.15) is 17.5 Å². The summed E-state index contributed by atoms with van der Waals surface area (Å²) >= 11 is 0. The predicted molar refractivity (Wildman–Crippen MR) is 146 cm³/mol. The third-order valence-electron chi connectivity index (χ3n) is 7.67. The standard InChI is InChI=1S/C29H30N2O4.C2HF3O2.H2/c1-4-5-21-14-19(2)27(20(3)15-21)28-24(33)17-29(18-25(28)34)8-12-31(13-9-29)26(35)16-23(32)22-6-10-30-11-7-22;3-2(4,5)1(6)7;/h6-7,10-11,14-15,28H,8-9,12-13,16-18H2,1-3H3;(H,6,7);1H/p+1. The molecule has 1 aliphatic carbocycles. The topological polar surface area (TPSA) is 123 Å². The molecular weight excluding hydrogens is 553 g/mol. The van der Waals surface area contributed by atoms with E-state index in [4.69, 9.17) is 9.90 Å². The first kappa shape index (κ1) is 32.2. The third-order valence-corrected chi connectivity index (χ3v) is 7.67. The third kappa shape index (κ3) is 7.69. The number of Topliss-reactive ketones (excluding diaryl/α,β-unsaturated/α-hetero) is 3. The van der Waals surface area contributed by atoms with Crippen LogP contribution in [-0.2, 0) is 19.2 Å². The number of ketones is 3. The van der Waals surface area contributed by atoms with Crippen LogP contribution in [0, 0.1) is 31.1 Å². The highest BCUT2D eigenvalue weighted by Gasteiger charge is 2.48. The average Bonchev–Trinajstić information content (AvgIpc) is 2.90. The highest BCUT2D eigenvalue weighted by atomic mass is 19.4. The molecule has 0 atom stereocenters. The zero-order valence-electron chi connectivity index (χ0n) is 23.6. The lowest BCUT2D eigenvalue weighted by Crippen LogP contribution is -2.48. The molecule has 11 heteroatoms. The van der Waals surface area contributed by atoms with E-state index in [1.807, 2.05) is 26.0 Å². The molecule has 0 bridgehead atoms. The van der Waals surface area contributed by atoms with E-state index in [1.165, 1.54) is 0 Å². The van der Waals surface area contributed by atoms with E-state index in [0.717, 1.165) is 22.3 Å². The predicted octanol–water partition coefficient (Wildman–Crippen LogP) is 4.27. The first-order valence-electron chi connectivity index (χ1n) is 13.3. The number of benzene rings is 1. The summed E-state index contributed by atoms with van der Waals surface area (Å²) in [6, 6.07) is 7.21. The van der Waals surface area contributed by atoms with Crippen molar-refractivity contribution in [1.29, 1.82) is 0 Å². The van der Waals surface area contributed by atoms with E-state index in [9.17, 15) is 32.3 Å². The van der Waals surface area contributed by atoms with E-state index in [2.05, 4.69) is 16.8 Å². The number of aryl methyl sites for hydroxylation is 2. The van der Waals surface area contributed by atoms with Crippen LogP contribution in [0.15, 0.2) is 36.7 Å². The molecule has 2 N–H and O–H groups in total. The van der Waals surface area contributed by atoms with Crippen LogP contribution in [-0.4, -0.2) is 58.5 Å². The summed E-state index contributed by atoms with van der Waals surface area (Å²) < 4.78 is 31.7. The van der Waals surface area contributed by atoms with E-state index in [-0.39, 0.29) is 31.1 Å². The van der Waals surface area contributed by atoms with Crippen molar-refractivity contribution < 1.29 is 48.7 Å². The number of nitrogens with zero attached hydrogens (tertiary/aromatic N) is 1. The van der Waals surface area contributed by atoms with E-state index >= 15 is 0 Å². The van der Waals surface area contributed by atoms with E-state index in [1.54, 1.807) is 36.4 Å². The van der Waals surface area contributed by atoms with Gasteiger partial charge in [0.25, 0.3) is 0 Å². The van der Waals surface area contributed by atoms with Gasteiger partial charge in [-0.1, -0.05) is 5.92 Å². The molecule has 2 heterocycles. The van der Waals surface area contributed by atoms with Crippen molar-refractivity contribution in [2.45, 2.75) is 65.0 Å². The number of aromatic nitrogens is 1. The van der Waals surface area contributed by atoms with Gasteiger partial charge in [0.2, 0.25) is 5.91 Å². The summed E-state index contributed by atoms with van der Waals surface area (Å²) in [5.41, 5.74) is 3.66. The molecule has 8 nitrogen and oxygen atoms in total. The Labute approximate surface area is 242 Å². The summed E-state index contributed by atoms with van der Waals surface area (Å²) in [4.78, 5) is 65.3. The second kappa shape index (κ2) is 13.1. The maximum atomic E-state index is 13.3. The monoisotopic (exact) mass is 587 g/mol. The zero-order valence-corrected chi connectivity index (χ0v) is 23.6. The fourth-order valence-electron chi connectivity index (χ4n) is 5.66. The normalized spacial score (nSPS) is 16.7. The van der Waals surface area contributed by atoms with Crippen molar-refractivity contribution in [2.24, 2.45) is 5.41 Å². The second-order valence-corrected chi connectivity index (χ2v) is 10.7. The molecule has 1 amide bonds. The highest BCUT2D eigenvalue weighted by Crippen LogP contribution is 2.46. The molecule has 1 saturated heterocycles. The van der Waals surface area contributed by atoms with Crippen molar-refractivity contribution in [3.05, 3.63) is 64.5 Å². The van der Waals surface area contributed by atoms with Gasteiger partial charge >= 0.3 is 12.1 Å². The number of amides is 1. The fourth-order valence-corrected chi connectivity index (χ4v) is 5.66. The number of piperidine rings is 1. The molecule has 2 fully saturated rings. The Morgan fingerprint density at radius 1 is 1.05 bits per heavy atom. The van der Waals surface area contributed by atoms with Crippen LogP contribution >= 0.6 is 0 Å². The summed E-state index contributed by atoms with van der Waals surface area (Å²) in [5.74, 6) is 1.99. The number of carbonyl (C=O) groups excluding carboxylic acids is 4. The summed E-state index contributed by atoms with van der Waals surface area (Å²) in [5, 5.41) is 7.12. The van der Waals surface area contributed by atoms with Gasteiger partial charge in [0, 0.05) is 50.6 Å². The molecule has 1 aliphatic heterocycles. The Morgan fingerprint density at radius 2 is 1.55 bits per heavy atom. The Bertz CT molecular complexity index is 1410. The van der Waals surface area contributed by atoms with Crippen molar-refractivity contribution >= 4 is 29.2 Å². The zero-order chi connectivity index (χ0) is 31.2. The Kier molecular flexibility index (Phi) is 10.0. The van der Waals surface area contributed by atoms with Crippen LogP contribution < -0.4 is 4.98 Å². The molecular formula is C31H34F3N2O6+. The molecule has 1 aromatic carbocycles. The number of nitrogens with one attached hydrogen (secondary N) is 1. The molecule has 1 aromatic heterocycles. The molecule has 0 radical (unpaired) electrons. The Balaban J connectivity index is 0.000000721. The van der Waals surface area contributed by atoms with E-state index in [0.29, 0.717) is 44.3 Å². The minimum Gasteiger partial charge on any atom is -0.475 e. The van der Waals surface area contributed by atoms with Crippen LogP contribution in [0.5, 0.6) is 0 Å². The van der Waals surface area contributed by atoms with Crippen molar-refractivity contribution in [1.82, 2.24) is 4.90 Å². The second-order valence-electron chi connectivity index (χ2n) is 10.7. The number of aromatic amines is 1. The van der Waals surface area contributed by atoms with Crippen LogP contribution in [0.25, 0.3) is 0 Å². The first-order valence-corrected chi connectivity index (χ1v) is 13.3. The number of aliphatic carboxylic acids is 1. The first-order chi connectivity index (χ1) is 19.7. The minimum absolute atomic E-state index is 0. The number of hydrogen-bond acceptors (Lipinski definition) is 5. The Morgan fingerprint density at radius 3 is 2.00 bits per heavy atom. The lowest BCUT2D eigenvalue weighted by atomic mass is 9.62. The molecule has 42 heavy (non-hydrogen) atoms. The SMILES string of the molecule is CC#Cc1cc(C)c(C2C(=O)CC3(CCN(C(=O)CC(=O)c4cc[nH+]cc4)CC3)CC2=O)c(C)c1.O=C(O)C(F)(F)F.[HH]. The highest BCUT2D eigenvalue weighted by molar-refractivity contribution is 6.11. The number of H-pyrrole nitrogens is 1. The molecule has 1 saturated carbocycles. The van der Waals surface area contributed by atoms with Crippen LogP contribution in [0.1, 0.15) is 79.0 Å². The van der Waals surface area contributed by atoms with Crippen molar-refractivity contribution in [3.63, 3.8) is 0 Å². The number of alkyl halides is 3. The van der Waals surface area contributed by atoms with Crippen molar-refractivity contribution in [3.8, 4) is 11.8 Å². The van der Waals surface area contributed by atoms with Gasteiger partial charge in [-0.15, -0.1) is 5.92 Å². The number of carboxylic acid groups (broad SMARTS) is 1. The molecule has 0 unspecified atom stereocenters. The lowest BCUT2D eigenvalue weighted by Gasteiger charge is -2.44. The number of halogens is 3. The Hall–Kier alpha value is -4.33. The largest absolute Gasteiger partial charge is 0.490 e. The molecule has 1 spiro atoms. The maximum Gasteiger partial charge on any atom is 0.490 e. The van der Waals surface area contributed by atoms with Gasteiger partial charge in [-0.3, -0.25) is 19.2 Å². The summed E-state index contributed by atoms with van der Waals surface area (Å²) in [6.07, 6.45) is -0.0535. The summed E-state index contributed by atoms with van der Waals surface area (Å²) in [6.45, 7) is 6.58. The number of rotatable bonds is 4. The molecule has 4 rings (SSSR count). The van der Waals surface area contributed by atoms with Gasteiger partial charge in [-0.05, 0) is 67.9 Å². The smallest absolute Gasteiger partial charge is 0.475 e. The van der Waals surface area contributed by atoms with Crippen molar-refractivity contribution in [2.75, 3.05) is 13.1 Å². The molecule has 2 aliphatic rings. The van der Waals surface area contributed by atoms with Crippen LogP contribution in [0.4, 0.5) is 13.2 Å². The fraction of sp³-hybridized carbons (Fsp3) is 0.419. The lowest BCUT2D eigenvalue weighted by molar-refractivity contribution is -0.378. The number of carboxylic acids is 1. The van der Waals surface area contributed by atoms with Crippen LogP contribution in [0.3, 0.4) is 0 Å². The maximum absolute atomic E-state index is 13.3.